The van der Waals surface area contributed by atoms with Gasteiger partial charge >= 0.3 is 6.18 Å². The summed E-state index contributed by atoms with van der Waals surface area (Å²) >= 11 is 5.75. The molecule has 38 heavy (non-hydrogen) atoms. The molecule has 0 saturated heterocycles. The number of rotatable bonds is 10. The zero-order valence-corrected chi connectivity index (χ0v) is 22.6. The summed E-state index contributed by atoms with van der Waals surface area (Å²) in [5.41, 5.74) is -0.775. The van der Waals surface area contributed by atoms with Gasteiger partial charge in [0, 0.05) is 0 Å². The highest BCUT2D eigenvalue weighted by Crippen LogP contribution is 2.38. The second kappa shape index (κ2) is 12.1. The molecule has 3 aromatic carbocycles. The Hall–Kier alpha value is -3.24. The number of carbonyl (C=O) groups is 1. The molecule has 0 saturated carbocycles. The summed E-state index contributed by atoms with van der Waals surface area (Å²) in [5, 5.41) is 2.26. The number of methoxy groups -OCH3 is 1. The highest BCUT2D eigenvalue weighted by molar-refractivity contribution is 7.92. The second-order valence-corrected chi connectivity index (χ2v) is 11.3. The number of halogens is 4. The van der Waals surface area contributed by atoms with Gasteiger partial charge in [-0.25, -0.2) is 8.42 Å². The minimum atomic E-state index is -4.83. The Morgan fingerprint density at radius 1 is 1.03 bits per heavy atom. The molecule has 0 spiro atoms. The van der Waals surface area contributed by atoms with Crippen LogP contribution >= 0.6 is 11.6 Å². The van der Waals surface area contributed by atoms with Gasteiger partial charge in [0.25, 0.3) is 10.0 Å². The quantitative estimate of drug-likeness (QED) is 0.304. The first-order chi connectivity index (χ1) is 17.8. The van der Waals surface area contributed by atoms with E-state index in [1.54, 1.807) is 30.3 Å². The number of alkyl halides is 3. The molecular formula is C27H28ClF3N2O4S. The van der Waals surface area contributed by atoms with Crippen LogP contribution in [0.5, 0.6) is 5.75 Å². The Morgan fingerprint density at radius 2 is 1.66 bits per heavy atom. The highest BCUT2D eigenvalue weighted by atomic mass is 35.5. The molecule has 11 heteroatoms. The summed E-state index contributed by atoms with van der Waals surface area (Å²) in [6.45, 7) is 3.20. The van der Waals surface area contributed by atoms with Crippen molar-refractivity contribution in [2.45, 2.75) is 37.4 Å². The van der Waals surface area contributed by atoms with E-state index >= 15 is 0 Å². The van der Waals surface area contributed by atoms with E-state index in [0.717, 1.165) is 17.7 Å². The van der Waals surface area contributed by atoms with Crippen LogP contribution in [0.2, 0.25) is 5.02 Å². The van der Waals surface area contributed by atoms with E-state index in [0.29, 0.717) is 22.5 Å². The Kier molecular flexibility index (Phi) is 9.32. The van der Waals surface area contributed by atoms with Gasteiger partial charge in [-0.05, 0) is 60.4 Å². The molecule has 0 radical (unpaired) electrons. The minimum Gasteiger partial charge on any atom is -0.497 e. The zero-order valence-electron chi connectivity index (χ0n) is 21.0. The van der Waals surface area contributed by atoms with Crippen molar-refractivity contribution in [1.82, 2.24) is 5.32 Å². The molecule has 1 atom stereocenters. The number of hydrogen-bond acceptors (Lipinski definition) is 4. The van der Waals surface area contributed by atoms with Gasteiger partial charge in [-0.1, -0.05) is 55.8 Å². The Bertz CT molecular complexity index is 1350. The van der Waals surface area contributed by atoms with Crippen molar-refractivity contribution in [2.75, 3.05) is 18.0 Å². The SMILES string of the molecule is COc1ccc([C@@H](CC(C)C)NC(=O)CN(c2ccc(Cl)c(C(F)(F)F)c2)S(=O)(=O)c2ccccc2)cc1. The van der Waals surface area contributed by atoms with E-state index in [4.69, 9.17) is 16.3 Å². The lowest BCUT2D eigenvalue weighted by atomic mass is 9.97. The van der Waals surface area contributed by atoms with E-state index in [-0.39, 0.29) is 16.5 Å². The lowest BCUT2D eigenvalue weighted by Crippen LogP contribution is -2.42. The molecule has 204 valence electrons. The van der Waals surface area contributed by atoms with Crippen molar-refractivity contribution in [3.63, 3.8) is 0 Å². The first kappa shape index (κ1) is 29.3. The zero-order chi connectivity index (χ0) is 28.1. The fourth-order valence-corrected chi connectivity index (χ4v) is 5.54. The average Bonchev–Trinajstić information content (AvgIpc) is 2.87. The minimum absolute atomic E-state index is 0.176. The van der Waals surface area contributed by atoms with E-state index in [1.807, 2.05) is 13.8 Å². The largest absolute Gasteiger partial charge is 0.497 e. The summed E-state index contributed by atoms with van der Waals surface area (Å²) in [5.74, 6) is 0.123. The monoisotopic (exact) mass is 568 g/mol. The first-order valence-corrected chi connectivity index (χ1v) is 13.5. The van der Waals surface area contributed by atoms with Crippen molar-refractivity contribution in [3.05, 3.63) is 88.9 Å². The highest BCUT2D eigenvalue weighted by Gasteiger charge is 2.35. The summed E-state index contributed by atoms with van der Waals surface area (Å²) < 4.78 is 73.6. The number of nitrogens with one attached hydrogen (secondary N) is 1. The number of benzene rings is 3. The Morgan fingerprint density at radius 3 is 2.21 bits per heavy atom. The summed E-state index contributed by atoms with van der Waals surface area (Å²) in [4.78, 5) is 13.1. The number of nitrogens with zero attached hydrogens (tertiary/aromatic N) is 1. The molecule has 0 aromatic heterocycles. The van der Waals surface area contributed by atoms with Gasteiger partial charge < -0.3 is 10.1 Å². The Balaban J connectivity index is 2.00. The van der Waals surface area contributed by atoms with E-state index in [2.05, 4.69) is 5.32 Å². The number of carbonyl (C=O) groups excluding carboxylic acids is 1. The number of ether oxygens (including phenoxy) is 1. The van der Waals surface area contributed by atoms with Gasteiger partial charge in [-0.2, -0.15) is 13.2 Å². The third-order valence-electron chi connectivity index (χ3n) is 5.72. The lowest BCUT2D eigenvalue weighted by molar-refractivity contribution is -0.137. The average molecular weight is 569 g/mol. The number of hydrogen-bond donors (Lipinski definition) is 1. The van der Waals surface area contributed by atoms with Crippen molar-refractivity contribution in [3.8, 4) is 5.75 Å². The molecule has 0 aliphatic heterocycles. The molecule has 1 amide bonds. The van der Waals surface area contributed by atoms with Gasteiger partial charge in [0.1, 0.15) is 12.3 Å². The van der Waals surface area contributed by atoms with E-state index < -0.39 is 45.3 Å². The second-order valence-electron chi connectivity index (χ2n) is 9.01. The Labute approximate surface area is 225 Å². The van der Waals surface area contributed by atoms with E-state index in [1.165, 1.54) is 31.4 Å². The van der Waals surface area contributed by atoms with Crippen LogP contribution in [0.3, 0.4) is 0 Å². The molecular weight excluding hydrogens is 541 g/mol. The summed E-state index contributed by atoms with van der Waals surface area (Å²) in [6, 6.07) is 16.5. The maximum Gasteiger partial charge on any atom is 0.417 e. The van der Waals surface area contributed by atoms with Crippen LogP contribution in [-0.2, 0) is 21.0 Å². The number of anilines is 1. The van der Waals surface area contributed by atoms with Crippen molar-refractivity contribution in [2.24, 2.45) is 5.92 Å². The van der Waals surface area contributed by atoms with Gasteiger partial charge in [0.2, 0.25) is 5.91 Å². The molecule has 6 nitrogen and oxygen atoms in total. The van der Waals surface area contributed by atoms with Gasteiger partial charge in [-0.15, -0.1) is 0 Å². The fourth-order valence-electron chi connectivity index (χ4n) is 3.88. The van der Waals surface area contributed by atoms with Crippen LogP contribution in [0.4, 0.5) is 18.9 Å². The lowest BCUT2D eigenvalue weighted by Gasteiger charge is -2.27. The molecule has 3 aromatic rings. The molecule has 0 unspecified atom stereocenters. The van der Waals surface area contributed by atoms with Crippen LogP contribution in [0.1, 0.15) is 37.4 Å². The topological polar surface area (TPSA) is 75.7 Å². The smallest absolute Gasteiger partial charge is 0.417 e. The third-order valence-corrected chi connectivity index (χ3v) is 7.84. The van der Waals surface area contributed by atoms with Crippen LogP contribution in [0.15, 0.2) is 77.7 Å². The van der Waals surface area contributed by atoms with Crippen molar-refractivity contribution in [1.29, 1.82) is 0 Å². The molecule has 0 heterocycles. The fraction of sp³-hybridized carbons (Fsp3) is 0.296. The maximum atomic E-state index is 13.6. The number of sulfonamides is 1. The summed E-state index contributed by atoms with van der Waals surface area (Å²) in [6.07, 6.45) is -4.28. The summed E-state index contributed by atoms with van der Waals surface area (Å²) in [7, 11) is -2.88. The normalized spacial score (nSPS) is 12.7. The predicted octanol–water partition coefficient (Wildman–Crippen LogP) is 6.47. The van der Waals surface area contributed by atoms with Crippen molar-refractivity contribution >= 4 is 33.2 Å². The molecule has 0 bridgehead atoms. The number of amides is 1. The van der Waals surface area contributed by atoms with Gasteiger partial charge in [0.15, 0.2) is 0 Å². The molecule has 0 fully saturated rings. The van der Waals surface area contributed by atoms with Crippen molar-refractivity contribution < 1.29 is 31.1 Å². The van der Waals surface area contributed by atoms with Crippen LogP contribution < -0.4 is 14.4 Å². The van der Waals surface area contributed by atoms with Crippen LogP contribution in [-0.4, -0.2) is 28.0 Å². The van der Waals surface area contributed by atoms with Crippen LogP contribution in [0, 0.1) is 5.92 Å². The molecule has 0 aliphatic rings. The molecule has 1 N–H and O–H groups in total. The predicted molar refractivity (Wildman–Crippen MR) is 141 cm³/mol. The molecule has 0 aliphatic carbocycles. The van der Waals surface area contributed by atoms with E-state index in [9.17, 15) is 26.4 Å². The van der Waals surface area contributed by atoms with Gasteiger partial charge in [-0.3, -0.25) is 9.10 Å². The third kappa shape index (κ3) is 7.20. The first-order valence-electron chi connectivity index (χ1n) is 11.7. The van der Waals surface area contributed by atoms with Gasteiger partial charge in [0.05, 0.1) is 34.3 Å². The maximum absolute atomic E-state index is 13.6. The molecule has 3 rings (SSSR count). The van der Waals surface area contributed by atoms with Crippen LogP contribution in [0.25, 0.3) is 0 Å². The standard InChI is InChI=1S/C27H28ClF3N2O4S/c1-18(2)15-25(19-9-12-21(37-3)13-10-19)32-26(34)17-33(38(35,36)22-7-5-4-6-8-22)20-11-14-24(28)23(16-20)27(29,30)31/h4-14,16,18,25H,15,17H2,1-3H3,(H,32,34)/t25-/m1/s1.